The third-order valence-corrected chi connectivity index (χ3v) is 5.96. The molecule has 11 heteroatoms. The molecule has 0 amide bonds. The molecule has 0 unspecified atom stereocenters. The molecule has 0 saturated carbocycles. The third kappa shape index (κ3) is 4.20. The number of hydrogen-bond acceptors (Lipinski definition) is 9. The third-order valence-electron chi connectivity index (χ3n) is 5.96. The molecular formula is C25H23N5O6. The molecule has 2 heterocycles. The highest BCUT2D eigenvalue weighted by Crippen LogP contribution is 2.45. The lowest BCUT2D eigenvalue weighted by Gasteiger charge is -2.24. The Bertz CT molecular complexity index is 1440. The zero-order valence-electron chi connectivity index (χ0n) is 19.8. The second-order valence-electron chi connectivity index (χ2n) is 8.10. The molecule has 0 fully saturated rings. The van der Waals surface area contributed by atoms with Crippen molar-refractivity contribution in [2.45, 2.75) is 32.6 Å². The van der Waals surface area contributed by atoms with Gasteiger partial charge in [0.05, 0.1) is 23.5 Å². The fraction of sp³-hybridized carbons (Fsp3) is 0.240. The minimum absolute atomic E-state index is 0.0415. The number of nitrogens with two attached hydrogens (primary N) is 1. The maximum Gasteiger partial charge on any atom is 0.344 e. The average Bonchev–Trinajstić information content (AvgIpc) is 3.25. The molecule has 0 spiro atoms. The quantitative estimate of drug-likeness (QED) is 0.215. The molecule has 3 N–H and O–H groups in total. The molecule has 1 aliphatic heterocycles. The molecule has 0 aliphatic carbocycles. The SMILES string of the molecule is CCCc1[nH]nc2c1[C@@H](c1ccc(OC(=O)c3cccc([N+](=O)[O-])c3C)c(OC)c1)C(C#N)=C(N)O2. The molecule has 0 radical (unpaired) electrons. The summed E-state index contributed by atoms with van der Waals surface area (Å²) in [5.41, 5.74) is 8.52. The van der Waals surface area contributed by atoms with E-state index in [2.05, 4.69) is 16.3 Å². The van der Waals surface area contributed by atoms with Crippen LogP contribution in [0.4, 0.5) is 5.69 Å². The van der Waals surface area contributed by atoms with Crippen LogP contribution in [0.15, 0.2) is 47.9 Å². The van der Waals surface area contributed by atoms with Gasteiger partial charge in [-0.05, 0) is 37.1 Å². The van der Waals surface area contributed by atoms with E-state index in [1.807, 2.05) is 6.92 Å². The number of benzene rings is 2. The summed E-state index contributed by atoms with van der Waals surface area (Å²) in [4.78, 5) is 23.5. The van der Waals surface area contributed by atoms with E-state index in [0.29, 0.717) is 23.4 Å². The summed E-state index contributed by atoms with van der Waals surface area (Å²) in [5, 5.41) is 28.3. The molecule has 1 aromatic heterocycles. The number of aryl methyl sites for hydroxylation is 1. The number of methoxy groups -OCH3 is 1. The fourth-order valence-corrected chi connectivity index (χ4v) is 4.23. The smallest absolute Gasteiger partial charge is 0.344 e. The predicted molar refractivity (Wildman–Crippen MR) is 128 cm³/mol. The van der Waals surface area contributed by atoms with E-state index in [-0.39, 0.29) is 39.8 Å². The monoisotopic (exact) mass is 489 g/mol. The Labute approximate surface area is 206 Å². The summed E-state index contributed by atoms with van der Waals surface area (Å²) in [7, 11) is 1.42. The molecule has 1 atom stereocenters. The number of nitro benzene ring substituents is 1. The number of nitriles is 1. The van der Waals surface area contributed by atoms with Gasteiger partial charge in [-0.2, -0.15) is 5.26 Å². The molecule has 36 heavy (non-hydrogen) atoms. The Hall–Kier alpha value is -4.85. The van der Waals surface area contributed by atoms with Crippen molar-refractivity contribution >= 4 is 11.7 Å². The van der Waals surface area contributed by atoms with Crippen LogP contribution in [0, 0.1) is 28.4 Å². The van der Waals surface area contributed by atoms with Crippen LogP contribution in [0.2, 0.25) is 0 Å². The van der Waals surface area contributed by atoms with Crippen LogP contribution in [-0.2, 0) is 6.42 Å². The zero-order valence-corrected chi connectivity index (χ0v) is 19.8. The minimum atomic E-state index is -0.766. The number of ether oxygens (including phenoxy) is 3. The number of aromatic amines is 1. The van der Waals surface area contributed by atoms with Crippen molar-refractivity contribution in [2.24, 2.45) is 5.73 Å². The van der Waals surface area contributed by atoms with Gasteiger partial charge in [0, 0.05) is 22.9 Å². The summed E-state index contributed by atoms with van der Waals surface area (Å²) >= 11 is 0. The van der Waals surface area contributed by atoms with Crippen LogP contribution in [0.1, 0.15) is 52.0 Å². The van der Waals surface area contributed by atoms with E-state index in [1.54, 1.807) is 18.2 Å². The molecule has 184 valence electrons. The predicted octanol–water partition coefficient (Wildman–Crippen LogP) is 4.02. The topological polar surface area (TPSA) is 166 Å². The van der Waals surface area contributed by atoms with Gasteiger partial charge in [-0.25, -0.2) is 4.79 Å². The number of rotatable bonds is 7. The number of esters is 1. The van der Waals surface area contributed by atoms with Crippen molar-refractivity contribution in [2.75, 3.05) is 7.11 Å². The summed E-state index contributed by atoms with van der Waals surface area (Å²) < 4.78 is 16.6. The Morgan fingerprint density at radius 3 is 2.78 bits per heavy atom. The first kappa shape index (κ1) is 24.3. The number of carbonyl (C=O) groups excluding carboxylic acids is 1. The lowest BCUT2D eigenvalue weighted by atomic mass is 9.83. The van der Waals surface area contributed by atoms with Crippen LogP contribution in [-0.4, -0.2) is 28.2 Å². The van der Waals surface area contributed by atoms with E-state index in [0.717, 1.165) is 12.1 Å². The minimum Gasteiger partial charge on any atom is -0.493 e. The van der Waals surface area contributed by atoms with Crippen molar-refractivity contribution in [1.29, 1.82) is 5.26 Å². The highest BCUT2D eigenvalue weighted by Gasteiger charge is 2.35. The Morgan fingerprint density at radius 2 is 2.11 bits per heavy atom. The highest BCUT2D eigenvalue weighted by atomic mass is 16.6. The van der Waals surface area contributed by atoms with Gasteiger partial charge in [0.25, 0.3) is 5.69 Å². The Kier molecular flexibility index (Phi) is 6.60. The number of nitro groups is 1. The van der Waals surface area contributed by atoms with Crippen LogP contribution in [0.5, 0.6) is 17.4 Å². The first-order valence-corrected chi connectivity index (χ1v) is 11.1. The summed E-state index contributed by atoms with van der Waals surface area (Å²) in [6, 6.07) is 11.2. The van der Waals surface area contributed by atoms with Crippen molar-refractivity contribution in [3.05, 3.63) is 85.9 Å². The number of carbonyl (C=O) groups is 1. The first-order chi connectivity index (χ1) is 17.3. The van der Waals surface area contributed by atoms with Crippen LogP contribution in [0.25, 0.3) is 0 Å². The zero-order chi connectivity index (χ0) is 26.0. The lowest BCUT2D eigenvalue weighted by molar-refractivity contribution is -0.385. The molecule has 0 bridgehead atoms. The average molecular weight is 489 g/mol. The molecule has 1 aliphatic rings. The largest absolute Gasteiger partial charge is 0.493 e. The van der Waals surface area contributed by atoms with E-state index in [1.165, 1.54) is 32.2 Å². The van der Waals surface area contributed by atoms with Crippen molar-refractivity contribution in [3.63, 3.8) is 0 Å². The van der Waals surface area contributed by atoms with E-state index >= 15 is 0 Å². The first-order valence-electron chi connectivity index (χ1n) is 11.1. The number of fused-ring (bicyclic) bond motifs is 1. The maximum atomic E-state index is 12.9. The maximum absolute atomic E-state index is 12.9. The Morgan fingerprint density at radius 1 is 1.33 bits per heavy atom. The Balaban J connectivity index is 1.73. The van der Waals surface area contributed by atoms with Gasteiger partial charge in [0.2, 0.25) is 11.8 Å². The number of aromatic nitrogens is 2. The van der Waals surface area contributed by atoms with Gasteiger partial charge in [0.1, 0.15) is 11.6 Å². The normalized spacial score (nSPS) is 14.4. The molecule has 2 aromatic carbocycles. The second kappa shape index (κ2) is 9.79. The van der Waals surface area contributed by atoms with E-state index < -0.39 is 16.8 Å². The number of nitrogens with one attached hydrogen (secondary N) is 1. The van der Waals surface area contributed by atoms with Gasteiger partial charge in [-0.3, -0.25) is 15.2 Å². The number of nitrogens with zero attached hydrogens (tertiary/aromatic N) is 3. The van der Waals surface area contributed by atoms with Gasteiger partial charge in [-0.15, -0.1) is 5.10 Å². The van der Waals surface area contributed by atoms with Crippen molar-refractivity contribution in [3.8, 4) is 23.4 Å². The summed E-state index contributed by atoms with van der Waals surface area (Å²) in [6.07, 6.45) is 1.54. The van der Waals surface area contributed by atoms with E-state index in [4.69, 9.17) is 19.9 Å². The van der Waals surface area contributed by atoms with Crippen LogP contribution >= 0.6 is 0 Å². The van der Waals surface area contributed by atoms with Crippen molar-refractivity contribution < 1.29 is 23.9 Å². The summed E-state index contributed by atoms with van der Waals surface area (Å²) in [5.74, 6) is -0.737. The summed E-state index contributed by atoms with van der Waals surface area (Å²) in [6.45, 7) is 3.51. The molecule has 0 saturated heterocycles. The van der Waals surface area contributed by atoms with Crippen molar-refractivity contribution in [1.82, 2.24) is 10.2 Å². The van der Waals surface area contributed by atoms with Gasteiger partial charge in [0.15, 0.2) is 11.5 Å². The van der Waals surface area contributed by atoms with E-state index in [9.17, 15) is 20.2 Å². The van der Waals surface area contributed by atoms with Crippen LogP contribution < -0.4 is 19.9 Å². The van der Waals surface area contributed by atoms with Gasteiger partial charge < -0.3 is 19.9 Å². The van der Waals surface area contributed by atoms with Crippen LogP contribution in [0.3, 0.4) is 0 Å². The fourth-order valence-electron chi connectivity index (χ4n) is 4.23. The lowest BCUT2D eigenvalue weighted by Crippen LogP contribution is -2.21. The second-order valence-corrected chi connectivity index (χ2v) is 8.10. The standard InChI is InChI=1S/C25H23N5O6/c1-4-6-17-22-21(16(12-26)23(27)36-24(22)29-28-17)14-9-10-19(20(11-14)34-3)35-25(31)15-7-5-8-18(13(15)2)30(32)33/h5,7-11,21H,4,6,27H2,1-3H3,(H,28,29)/t21-/m0/s1. The number of hydrogen-bond donors (Lipinski definition) is 2. The molecule has 3 aromatic rings. The van der Waals surface area contributed by atoms with Gasteiger partial charge >= 0.3 is 5.97 Å². The number of allylic oxidation sites excluding steroid dienone is 1. The highest BCUT2D eigenvalue weighted by molar-refractivity contribution is 5.94. The van der Waals surface area contributed by atoms with Gasteiger partial charge in [-0.1, -0.05) is 25.5 Å². The molecule has 11 nitrogen and oxygen atoms in total. The number of H-pyrrole nitrogens is 1. The molecule has 4 rings (SSSR count). The molecular weight excluding hydrogens is 466 g/mol.